The van der Waals surface area contributed by atoms with E-state index in [1.54, 1.807) is 19.4 Å². The van der Waals surface area contributed by atoms with Crippen LogP contribution >= 0.6 is 0 Å². The van der Waals surface area contributed by atoms with Crippen molar-refractivity contribution in [3.8, 4) is 5.75 Å². The van der Waals surface area contributed by atoms with Crippen molar-refractivity contribution in [2.45, 2.75) is 6.92 Å². The van der Waals surface area contributed by atoms with E-state index in [0.717, 1.165) is 22.2 Å². The van der Waals surface area contributed by atoms with Gasteiger partial charge in [-0.3, -0.25) is 9.78 Å². The number of para-hydroxylation sites is 1. The molecule has 0 atom stereocenters. The van der Waals surface area contributed by atoms with E-state index >= 15 is 0 Å². The molecule has 4 aromatic rings. The molecule has 0 aliphatic heterocycles. The van der Waals surface area contributed by atoms with Crippen LogP contribution in [0.1, 0.15) is 16.1 Å². The number of carbonyl (C=O) groups is 1. The van der Waals surface area contributed by atoms with Crippen LogP contribution < -0.4 is 15.4 Å². The number of rotatable bonds is 5. The van der Waals surface area contributed by atoms with Gasteiger partial charge >= 0.3 is 0 Å². The second-order valence-electron chi connectivity index (χ2n) is 6.45. The molecule has 144 valence electrons. The number of hydrogen-bond donors (Lipinski definition) is 2. The zero-order valence-corrected chi connectivity index (χ0v) is 16.0. The summed E-state index contributed by atoms with van der Waals surface area (Å²) in [5.74, 6) is 0.857. The highest BCUT2D eigenvalue weighted by molar-refractivity contribution is 6.07. The molecular formula is C22H19N5O2. The third-order valence-electron chi connectivity index (χ3n) is 4.38. The first-order valence-electron chi connectivity index (χ1n) is 9.03. The third kappa shape index (κ3) is 3.98. The van der Waals surface area contributed by atoms with Crippen molar-refractivity contribution in [1.82, 2.24) is 15.0 Å². The van der Waals surface area contributed by atoms with Crippen LogP contribution in [0.5, 0.6) is 5.75 Å². The summed E-state index contributed by atoms with van der Waals surface area (Å²) in [7, 11) is 1.61. The molecule has 0 saturated heterocycles. The SMILES string of the molecule is COc1ccc(C)cc1Nc1cnc(C(=O)Nc2cccc3cccnc23)cn1. The number of methoxy groups -OCH3 is 1. The molecule has 0 radical (unpaired) electrons. The Morgan fingerprint density at radius 3 is 2.62 bits per heavy atom. The fourth-order valence-electron chi connectivity index (χ4n) is 2.96. The lowest BCUT2D eigenvalue weighted by atomic mass is 10.2. The van der Waals surface area contributed by atoms with Crippen LogP contribution in [-0.2, 0) is 0 Å². The van der Waals surface area contributed by atoms with Gasteiger partial charge in [0.1, 0.15) is 17.3 Å². The minimum Gasteiger partial charge on any atom is -0.495 e. The Morgan fingerprint density at radius 1 is 0.966 bits per heavy atom. The Morgan fingerprint density at radius 2 is 1.83 bits per heavy atom. The smallest absolute Gasteiger partial charge is 0.275 e. The van der Waals surface area contributed by atoms with E-state index in [1.165, 1.54) is 12.4 Å². The number of nitrogens with zero attached hydrogens (tertiary/aromatic N) is 3. The highest BCUT2D eigenvalue weighted by Gasteiger charge is 2.12. The summed E-state index contributed by atoms with van der Waals surface area (Å²) in [6, 6.07) is 15.2. The summed E-state index contributed by atoms with van der Waals surface area (Å²) in [6.45, 7) is 1.99. The quantitative estimate of drug-likeness (QED) is 0.531. The largest absolute Gasteiger partial charge is 0.495 e. The number of carbonyl (C=O) groups excluding carboxylic acids is 1. The van der Waals surface area contributed by atoms with Crippen LogP contribution in [0.3, 0.4) is 0 Å². The molecule has 0 spiro atoms. The van der Waals surface area contributed by atoms with E-state index in [2.05, 4.69) is 25.6 Å². The number of benzene rings is 2. The van der Waals surface area contributed by atoms with Crippen LogP contribution in [0.4, 0.5) is 17.2 Å². The molecule has 29 heavy (non-hydrogen) atoms. The van der Waals surface area contributed by atoms with E-state index in [-0.39, 0.29) is 11.6 Å². The zero-order chi connectivity index (χ0) is 20.2. The molecule has 2 aromatic heterocycles. The molecule has 2 aromatic carbocycles. The molecule has 1 amide bonds. The summed E-state index contributed by atoms with van der Waals surface area (Å²) in [6.07, 6.45) is 4.63. The first kappa shape index (κ1) is 18.4. The number of fused-ring (bicyclic) bond motifs is 1. The second-order valence-corrected chi connectivity index (χ2v) is 6.45. The molecule has 0 saturated carbocycles. The molecule has 0 fully saturated rings. The van der Waals surface area contributed by atoms with Gasteiger partial charge in [0, 0.05) is 11.6 Å². The Balaban J connectivity index is 1.52. The van der Waals surface area contributed by atoms with Crippen LogP contribution in [0.2, 0.25) is 0 Å². The Hall–Kier alpha value is -4.00. The van der Waals surface area contributed by atoms with E-state index in [4.69, 9.17) is 4.74 Å². The van der Waals surface area contributed by atoms with Crippen LogP contribution in [0.15, 0.2) is 67.1 Å². The third-order valence-corrected chi connectivity index (χ3v) is 4.38. The van der Waals surface area contributed by atoms with E-state index < -0.39 is 0 Å². The summed E-state index contributed by atoms with van der Waals surface area (Å²) < 4.78 is 5.36. The molecule has 0 aliphatic carbocycles. The topological polar surface area (TPSA) is 89.0 Å². The average molecular weight is 385 g/mol. The molecular weight excluding hydrogens is 366 g/mol. The van der Waals surface area contributed by atoms with Gasteiger partial charge in [0.15, 0.2) is 0 Å². The van der Waals surface area contributed by atoms with Crippen molar-refractivity contribution < 1.29 is 9.53 Å². The summed E-state index contributed by atoms with van der Waals surface area (Å²) in [5, 5.41) is 6.96. The van der Waals surface area contributed by atoms with Gasteiger partial charge in [-0.15, -0.1) is 0 Å². The average Bonchev–Trinajstić information content (AvgIpc) is 2.75. The number of hydrogen-bond acceptors (Lipinski definition) is 6. The first-order valence-corrected chi connectivity index (χ1v) is 9.03. The van der Waals surface area contributed by atoms with Gasteiger partial charge in [-0.25, -0.2) is 9.97 Å². The summed E-state index contributed by atoms with van der Waals surface area (Å²) in [5.41, 5.74) is 3.42. The maximum absolute atomic E-state index is 12.6. The van der Waals surface area contributed by atoms with Crippen LogP contribution in [-0.4, -0.2) is 28.0 Å². The lowest BCUT2D eigenvalue weighted by molar-refractivity contribution is 0.102. The number of ether oxygens (including phenoxy) is 1. The van der Waals surface area contributed by atoms with Crippen molar-refractivity contribution in [2.24, 2.45) is 0 Å². The van der Waals surface area contributed by atoms with E-state index in [9.17, 15) is 4.79 Å². The fourth-order valence-corrected chi connectivity index (χ4v) is 2.96. The van der Waals surface area contributed by atoms with Gasteiger partial charge in [0.05, 0.1) is 36.4 Å². The number of pyridine rings is 1. The van der Waals surface area contributed by atoms with Gasteiger partial charge < -0.3 is 15.4 Å². The van der Waals surface area contributed by atoms with E-state index in [0.29, 0.717) is 17.3 Å². The highest BCUT2D eigenvalue weighted by Crippen LogP contribution is 2.27. The molecule has 0 bridgehead atoms. The van der Waals surface area contributed by atoms with Crippen molar-refractivity contribution >= 4 is 34.0 Å². The molecule has 2 heterocycles. The normalized spacial score (nSPS) is 10.6. The van der Waals surface area contributed by atoms with Gasteiger partial charge in [-0.2, -0.15) is 0 Å². The molecule has 7 nitrogen and oxygen atoms in total. The molecule has 0 unspecified atom stereocenters. The van der Waals surface area contributed by atoms with Crippen molar-refractivity contribution in [2.75, 3.05) is 17.7 Å². The van der Waals surface area contributed by atoms with Gasteiger partial charge in [0.2, 0.25) is 0 Å². The molecule has 7 heteroatoms. The Bertz CT molecular complexity index is 1170. The lowest BCUT2D eigenvalue weighted by Gasteiger charge is -2.11. The molecule has 0 aliphatic rings. The van der Waals surface area contributed by atoms with Crippen LogP contribution in [0, 0.1) is 6.92 Å². The highest BCUT2D eigenvalue weighted by atomic mass is 16.5. The number of anilines is 3. The fraction of sp³-hybridized carbons (Fsp3) is 0.0909. The second kappa shape index (κ2) is 7.93. The van der Waals surface area contributed by atoms with Crippen molar-refractivity contribution in [3.05, 3.63) is 78.4 Å². The van der Waals surface area contributed by atoms with Gasteiger partial charge in [0.25, 0.3) is 5.91 Å². The van der Waals surface area contributed by atoms with Crippen LogP contribution in [0.25, 0.3) is 10.9 Å². The minimum absolute atomic E-state index is 0.208. The molecule has 4 rings (SSSR count). The summed E-state index contributed by atoms with van der Waals surface area (Å²) >= 11 is 0. The zero-order valence-electron chi connectivity index (χ0n) is 16.0. The number of aryl methyl sites for hydroxylation is 1. The number of amides is 1. The molecule has 2 N–H and O–H groups in total. The Labute approximate surface area is 167 Å². The Kier molecular flexibility index (Phi) is 5.03. The van der Waals surface area contributed by atoms with Gasteiger partial charge in [-0.1, -0.05) is 24.3 Å². The maximum Gasteiger partial charge on any atom is 0.275 e. The number of nitrogens with one attached hydrogen (secondary N) is 2. The lowest BCUT2D eigenvalue weighted by Crippen LogP contribution is -2.14. The standard InChI is InChI=1S/C22H19N5O2/c1-14-8-9-19(29-2)17(11-14)26-20-13-24-18(12-25-20)22(28)27-16-7-3-5-15-6-4-10-23-21(15)16/h3-13H,1-2H3,(H,25,26)(H,27,28). The summed E-state index contributed by atoms with van der Waals surface area (Å²) in [4.78, 5) is 25.5. The number of aromatic nitrogens is 3. The maximum atomic E-state index is 12.6. The first-order chi connectivity index (χ1) is 14.1. The monoisotopic (exact) mass is 385 g/mol. The minimum atomic E-state index is -0.352. The predicted molar refractivity (Wildman–Crippen MR) is 113 cm³/mol. The predicted octanol–water partition coefficient (Wildman–Crippen LogP) is 4.34. The van der Waals surface area contributed by atoms with Crippen molar-refractivity contribution in [3.63, 3.8) is 0 Å². The van der Waals surface area contributed by atoms with Crippen molar-refractivity contribution in [1.29, 1.82) is 0 Å². The van der Waals surface area contributed by atoms with E-state index in [1.807, 2.05) is 49.4 Å². The van der Waals surface area contributed by atoms with Gasteiger partial charge in [-0.05, 0) is 36.8 Å².